The molecule has 3 rings (SSSR count). The Kier molecular flexibility index (Phi) is 8.92. The molecule has 0 spiro atoms. The van der Waals surface area contributed by atoms with Gasteiger partial charge in [-0.15, -0.1) is 0 Å². The number of likely N-dealkylation sites (tertiary alicyclic amines) is 1. The Morgan fingerprint density at radius 3 is 2.59 bits per heavy atom. The normalized spacial score (nSPS) is 14.5. The Morgan fingerprint density at radius 2 is 1.94 bits per heavy atom. The van der Waals surface area contributed by atoms with E-state index in [9.17, 15) is 18.4 Å². The Hall–Kier alpha value is -2.13. The third-order valence-electron chi connectivity index (χ3n) is 5.27. The lowest BCUT2D eigenvalue weighted by Crippen LogP contribution is -2.30. The van der Waals surface area contributed by atoms with Crippen LogP contribution in [-0.2, 0) is 22.5 Å². The number of hydrogen-bond acceptors (Lipinski definition) is 4. The van der Waals surface area contributed by atoms with Crippen molar-refractivity contribution in [1.82, 2.24) is 10.2 Å². The van der Waals surface area contributed by atoms with Crippen molar-refractivity contribution in [1.29, 1.82) is 0 Å². The molecule has 0 radical (unpaired) electrons. The molecule has 1 saturated heterocycles. The van der Waals surface area contributed by atoms with E-state index in [2.05, 4.69) is 5.32 Å². The number of amides is 2. The van der Waals surface area contributed by atoms with Gasteiger partial charge < -0.3 is 19.1 Å². The van der Waals surface area contributed by atoms with Gasteiger partial charge in [0.25, 0.3) is 5.91 Å². The molecule has 0 aromatic heterocycles. The molecule has 0 saturated carbocycles. The number of hydrogen-bond donors (Lipinski definition) is 1. The van der Waals surface area contributed by atoms with Gasteiger partial charge in [0.05, 0.1) is 10.0 Å². The first kappa shape index (κ1) is 24.5. The van der Waals surface area contributed by atoms with Crippen molar-refractivity contribution in [3.05, 3.63) is 63.6 Å². The second-order valence-electron chi connectivity index (χ2n) is 7.42. The minimum absolute atomic E-state index is 0.171. The maximum atomic E-state index is 12.3. The second kappa shape index (κ2) is 11.7. The molecule has 7 nitrogen and oxygen atoms in total. The molecule has 2 amide bonds. The zero-order chi connectivity index (χ0) is 23.1. The molecule has 0 bridgehead atoms. The van der Waals surface area contributed by atoms with Crippen molar-refractivity contribution in [2.45, 2.75) is 25.7 Å². The summed E-state index contributed by atoms with van der Waals surface area (Å²) in [5, 5.41) is 3.66. The van der Waals surface area contributed by atoms with Crippen molar-refractivity contribution in [2.75, 3.05) is 30.5 Å². The second-order valence-corrected chi connectivity index (χ2v) is 9.08. The predicted octanol–water partition coefficient (Wildman–Crippen LogP) is 3.58. The van der Waals surface area contributed by atoms with E-state index in [0.717, 1.165) is 18.5 Å². The van der Waals surface area contributed by atoms with E-state index in [1.807, 2.05) is 4.90 Å². The average Bonchev–Trinajstić information content (AvgIpc) is 3.19. The average molecular weight is 497 g/mol. The topological polar surface area (TPSA) is 92.8 Å². The first-order valence-electron chi connectivity index (χ1n) is 10.3. The van der Waals surface area contributed by atoms with Gasteiger partial charge in [-0.05, 0) is 55.2 Å². The van der Waals surface area contributed by atoms with Gasteiger partial charge in [0.1, 0.15) is 0 Å². The number of benzene rings is 2. The molecule has 172 valence electrons. The van der Waals surface area contributed by atoms with Gasteiger partial charge in [-0.3, -0.25) is 13.8 Å². The van der Waals surface area contributed by atoms with Crippen LogP contribution in [0.15, 0.2) is 42.5 Å². The van der Waals surface area contributed by atoms with Crippen LogP contribution in [0.25, 0.3) is 0 Å². The Morgan fingerprint density at radius 1 is 1.19 bits per heavy atom. The Balaban J connectivity index is 1.53. The van der Waals surface area contributed by atoms with Crippen molar-refractivity contribution in [3.8, 4) is 0 Å². The third kappa shape index (κ3) is 6.45. The van der Waals surface area contributed by atoms with Crippen LogP contribution in [0.5, 0.6) is 0 Å². The quantitative estimate of drug-likeness (QED) is 0.401. The van der Waals surface area contributed by atoms with Crippen LogP contribution in [0.3, 0.4) is 0 Å². The van der Waals surface area contributed by atoms with E-state index >= 15 is 0 Å². The fourth-order valence-corrected chi connectivity index (χ4v) is 4.50. The minimum atomic E-state index is -2.49. The summed E-state index contributed by atoms with van der Waals surface area (Å²) >= 11 is 9.71. The molecule has 1 heterocycles. The predicted molar refractivity (Wildman–Crippen MR) is 126 cm³/mol. The van der Waals surface area contributed by atoms with Crippen LogP contribution >= 0.6 is 23.2 Å². The number of rotatable bonds is 10. The van der Waals surface area contributed by atoms with Gasteiger partial charge in [0, 0.05) is 55.1 Å². The maximum absolute atomic E-state index is 12.3. The van der Waals surface area contributed by atoms with Crippen LogP contribution in [-0.4, -0.2) is 51.7 Å². The third-order valence-corrected chi connectivity index (χ3v) is 6.89. The largest absolute Gasteiger partial charge is 0.755 e. The number of halogens is 2. The highest BCUT2D eigenvalue weighted by Gasteiger charge is 2.19. The lowest BCUT2D eigenvalue weighted by molar-refractivity contribution is -0.127. The summed E-state index contributed by atoms with van der Waals surface area (Å²) < 4.78 is 24.7. The summed E-state index contributed by atoms with van der Waals surface area (Å²) in [6, 6.07) is 11.6. The van der Waals surface area contributed by atoms with E-state index in [4.69, 9.17) is 23.2 Å². The molecule has 1 unspecified atom stereocenters. The Labute approximate surface area is 200 Å². The lowest BCUT2D eigenvalue weighted by Gasteiger charge is -2.26. The summed E-state index contributed by atoms with van der Waals surface area (Å²) in [5.41, 5.74) is 1.63. The van der Waals surface area contributed by atoms with Gasteiger partial charge in [0.15, 0.2) is 0 Å². The summed E-state index contributed by atoms with van der Waals surface area (Å²) in [6.07, 6.45) is 2.57. The summed E-state index contributed by atoms with van der Waals surface area (Å²) in [7, 11) is 0. The fourth-order valence-electron chi connectivity index (χ4n) is 3.55. The van der Waals surface area contributed by atoms with Crippen LogP contribution in [0.4, 0.5) is 5.69 Å². The summed E-state index contributed by atoms with van der Waals surface area (Å²) in [6.45, 7) is 2.06. The van der Waals surface area contributed by atoms with Gasteiger partial charge in [0.2, 0.25) is 5.91 Å². The van der Waals surface area contributed by atoms with Crippen molar-refractivity contribution >= 4 is 52.0 Å². The first-order valence-corrected chi connectivity index (χ1v) is 12.1. The van der Waals surface area contributed by atoms with E-state index < -0.39 is 11.3 Å². The van der Waals surface area contributed by atoms with Crippen molar-refractivity contribution in [2.24, 2.45) is 0 Å². The molecular formula is C22H24Cl2N3O4S-. The van der Waals surface area contributed by atoms with Crippen molar-refractivity contribution in [3.63, 3.8) is 0 Å². The van der Waals surface area contributed by atoms with E-state index in [1.54, 1.807) is 42.5 Å². The highest BCUT2D eigenvalue weighted by atomic mass is 35.5. The van der Waals surface area contributed by atoms with Gasteiger partial charge >= 0.3 is 0 Å². The molecule has 1 atom stereocenters. The van der Waals surface area contributed by atoms with Crippen LogP contribution in [0.2, 0.25) is 10.0 Å². The number of anilines is 1. The smallest absolute Gasteiger partial charge is 0.251 e. The molecule has 1 fully saturated rings. The zero-order valence-electron chi connectivity index (χ0n) is 17.4. The fraction of sp³-hybridized carbons (Fsp3) is 0.364. The van der Waals surface area contributed by atoms with Gasteiger partial charge in [-0.2, -0.15) is 0 Å². The molecule has 2 aromatic carbocycles. The SMILES string of the molecule is O=C(NCCCN1CCCC1=O)c1ccc(N(CCc2cccc(Cl)c2Cl)S(=O)[O-])cc1. The molecule has 1 aliphatic rings. The molecule has 10 heteroatoms. The zero-order valence-corrected chi connectivity index (χ0v) is 19.7. The van der Waals surface area contributed by atoms with E-state index in [0.29, 0.717) is 53.6 Å². The molecular weight excluding hydrogens is 473 g/mol. The minimum Gasteiger partial charge on any atom is -0.755 e. The molecule has 32 heavy (non-hydrogen) atoms. The monoisotopic (exact) mass is 496 g/mol. The number of carbonyl (C=O) groups excluding carboxylic acids is 2. The first-order chi connectivity index (χ1) is 15.4. The van der Waals surface area contributed by atoms with Gasteiger partial charge in [-0.1, -0.05) is 35.3 Å². The van der Waals surface area contributed by atoms with Gasteiger partial charge in [-0.25, -0.2) is 0 Å². The van der Waals surface area contributed by atoms with Crippen LogP contribution in [0.1, 0.15) is 35.2 Å². The van der Waals surface area contributed by atoms with E-state index in [1.165, 1.54) is 4.31 Å². The number of carbonyl (C=O) groups is 2. The molecule has 1 N–H and O–H groups in total. The molecule has 2 aromatic rings. The Bertz CT molecular complexity index is 988. The summed E-state index contributed by atoms with van der Waals surface area (Å²) in [4.78, 5) is 25.8. The van der Waals surface area contributed by atoms with Crippen LogP contribution in [0, 0.1) is 0 Å². The molecule has 1 aliphatic heterocycles. The van der Waals surface area contributed by atoms with Crippen LogP contribution < -0.4 is 9.62 Å². The lowest BCUT2D eigenvalue weighted by atomic mass is 10.1. The van der Waals surface area contributed by atoms with E-state index in [-0.39, 0.29) is 18.4 Å². The summed E-state index contributed by atoms with van der Waals surface area (Å²) in [5.74, 6) is -0.0744. The van der Waals surface area contributed by atoms with Crippen molar-refractivity contribution < 1.29 is 18.4 Å². The standard InChI is InChI=1S/C22H25Cl2N3O4S/c23-19-5-1-4-16(21(19)24)11-15-27(32(30)31)18-9-7-17(8-10-18)22(29)25-12-3-14-26-13-2-6-20(26)28/h1,4-5,7-10H,2-3,6,11-15H2,(H,25,29)(H,30,31)/p-1. The number of nitrogens with one attached hydrogen (secondary N) is 1. The highest BCUT2D eigenvalue weighted by Crippen LogP contribution is 2.26. The maximum Gasteiger partial charge on any atom is 0.251 e. The number of nitrogens with zero attached hydrogens (tertiary/aromatic N) is 2. The highest BCUT2D eigenvalue weighted by molar-refractivity contribution is 7.80. The molecule has 0 aliphatic carbocycles.